The number of para-hydroxylation sites is 1. The van der Waals surface area contributed by atoms with Crippen LogP contribution in [0.4, 0.5) is 4.39 Å². The Hall–Kier alpha value is -1.17. The standard InChI is InChI=1S/C14H19FN2O2/c1-16-5-7-17(8-6-16)13-10-3-2-4-11(15)14(10)19-9-12(13)18/h2-4,12-13,18H,5-9H2,1H3. The van der Waals surface area contributed by atoms with Crippen LogP contribution in [0.15, 0.2) is 18.2 Å². The average Bonchev–Trinajstić information content (AvgIpc) is 2.40. The number of rotatable bonds is 1. The van der Waals surface area contributed by atoms with Crippen LogP contribution < -0.4 is 4.74 Å². The molecular formula is C14H19FN2O2. The number of aliphatic hydroxyl groups excluding tert-OH is 1. The Bertz CT molecular complexity index is 461. The molecule has 19 heavy (non-hydrogen) atoms. The van der Waals surface area contributed by atoms with Crippen molar-refractivity contribution in [2.45, 2.75) is 12.1 Å². The summed E-state index contributed by atoms with van der Waals surface area (Å²) < 4.78 is 19.1. The summed E-state index contributed by atoms with van der Waals surface area (Å²) in [6, 6.07) is 4.77. The van der Waals surface area contributed by atoms with E-state index in [0.29, 0.717) is 5.75 Å². The molecule has 1 aromatic rings. The summed E-state index contributed by atoms with van der Waals surface area (Å²) in [7, 11) is 2.09. The molecule has 1 saturated heterocycles. The van der Waals surface area contributed by atoms with Crippen molar-refractivity contribution in [3.05, 3.63) is 29.6 Å². The van der Waals surface area contributed by atoms with Gasteiger partial charge in [0.05, 0.1) is 6.04 Å². The molecule has 2 aliphatic heterocycles. The molecule has 0 spiro atoms. The number of benzene rings is 1. The van der Waals surface area contributed by atoms with Crippen molar-refractivity contribution in [3.8, 4) is 5.75 Å². The fourth-order valence-corrected chi connectivity index (χ4v) is 2.92. The summed E-state index contributed by atoms with van der Waals surface area (Å²) in [5.41, 5.74) is 0.767. The van der Waals surface area contributed by atoms with Gasteiger partial charge >= 0.3 is 0 Å². The summed E-state index contributed by atoms with van der Waals surface area (Å²) >= 11 is 0. The molecule has 2 unspecified atom stereocenters. The number of halogens is 1. The van der Waals surface area contributed by atoms with Gasteiger partial charge in [0.1, 0.15) is 12.7 Å². The fraction of sp³-hybridized carbons (Fsp3) is 0.571. The van der Waals surface area contributed by atoms with Crippen LogP contribution in [0.1, 0.15) is 11.6 Å². The van der Waals surface area contributed by atoms with Crippen molar-refractivity contribution < 1.29 is 14.2 Å². The van der Waals surface area contributed by atoms with E-state index in [9.17, 15) is 9.50 Å². The van der Waals surface area contributed by atoms with E-state index >= 15 is 0 Å². The molecule has 2 atom stereocenters. The monoisotopic (exact) mass is 266 g/mol. The van der Waals surface area contributed by atoms with Crippen molar-refractivity contribution in [2.24, 2.45) is 0 Å². The SMILES string of the molecule is CN1CCN(C2c3cccc(F)c3OCC2O)CC1. The quantitative estimate of drug-likeness (QED) is 0.818. The van der Waals surface area contributed by atoms with Crippen molar-refractivity contribution >= 4 is 0 Å². The van der Waals surface area contributed by atoms with Crippen molar-refractivity contribution in [1.82, 2.24) is 9.80 Å². The summed E-state index contributed by atoms with van der Waals surface area (Å²) in [4.78, 5) is 4.49. The van der Waals surface area contributed by atoms with Crippen LogP contribution in [0, 0.1) is 5.82 Å². The van der Waals surface area contributed by atoms with Crippen LogP contribution in [0.3, 0.4) is 0 Å². The second-order valence-electron chi connectivity index (χ2n) is 5.32. The number of fused-ring (bicyclic) bond motifs is 1. The van der Waals surface area contributed by atoms with Crippen LogP contribution in [0.25, 0.3) is 0 Å². The topological polar surface area (TPSA) is 35.9 Å². The van der Waals surface area contributed by atoms with Crippen LogP contribution in [-0.4, -0.2) is 60.8 Å². The molecular weight excluding hydrogens is 247 g/mol. The van der Waals surface area contributed by atoms with Crippen LogP contribution in [0.2, 0.25) is 0 Å². The first-order chi connectivity index (χ1) is 9.16. The van der Waals surface area contributed by atoms with Crippen molar-refractivity contribution in [3.63, 3.8) is 0 Å². The van der Waals surface area contributed by atoms with Gasteiger partial charge in [-0.3, -0.25) is 4.90 Å². The molecule has 4 nitrogen and oxygen atoms in total. The lowest BCUT2D eigenvalue weighted by atomic mass is 9.95. The van der Waals surface area contributed by atoms with Crippen LogP contribution >= 0.6 is 0 Å². The van der Waals surface area contributed by atoms with Gasteiger partial charge in [-0.2, -0.15) is 0 Å². The van der Waals surface area contributed by atoms with Gasteiger partial charge in [-0.25, -0.2) is 4.39 Å². The second-order valence-corrected chi connectivity index (χ2v) is 5.32. The highest BCUT2D eigenvalue weighted by Crippen LogP contribution is 2.38. The highest BCUT2D eigenvalue weighted by molar-refractivity contribution is 5.40. The average molecular weight is 266 g/mol. The first-order valence-electron chi connectivity index (χ1n) is 6.68. The third-order valence-electron chi connectivity index (χ3n) is 4.01. The molecule has 1 fully saturated rings. The molecule has 0 saturated carbocycles. The zero-order valence-corrected chi connectivity index (χ0v) is 11.1. The Morgan fingerprint density at radius 1 is 1.26 bits per heavy atom. The van der Waals surface area contributed by atoms with E-state index in [1.54, 1.807) is 6.07 Å². The molecule has 2 heterocycles. The smallest absolute Gasteiger partial charge is 0.165 e. The highest BCUT2D eigenvalue weighted by Gasteiger charge is 2.36. The van der Waals surface area contributed by atoms with Gasteiger partial charge < -0.3 is 14.7 Å². The van der Waals surface area contributed by atoms with E-state index in [-0.39, 0.29) is 18.5 Å². The third-order valence-corrected chi connectivity index (χ3v) is 4.01. The van der Waals surface area contributed by atoms with Crippen molar-refractivity contribution in [2.75, 3.05) is 39.8 Å². The predicted molar refractivity (Wildman–Crippen MR) is 69.7 cm³/mol. The molecule has 0 amide bonds. The van der Waals surface area contributed by atoms with E-state index in [0.717, 1.165) is 31.7 Å². The van der Waals surface area contributed by atoms with Crippen LogP contribution in [-0.2, 0) is 0 Å². The number of ether oxygens (including phenoxy) is 1. The molecule has 0 bridgehead atoms. The third kappa shape index (κ3) is 2.33. The van der Waals surface area contributed by atoms with Gasteiger partial charge in [-0.15, -0.1) is 0 Å². The minimum atomic E-state index is -0.599. The Kier molecular flexibility index (Phi) is 3.43. The maximum absolute atomic E-state index is 13.8. The molecule has 0 radical (unpaired) electrons. The number of hydrogen-bond acceptors (Lipinski definition) is 4. The maximum atomic E-state index is 13.8. The second kappa shape index (κ2) is 5.07. The molecule has 0 aliphatic carbocycles. The molecule has 5 heteroatoms. The first kappa shape index (κ1) is 12.8. The molecule has 0 aromatic heterocycles. The largest absolute Gasteiger partial charge is 0.487 e. The normalized spacial score (nSPS) is 28.8. The Labute approximate surface area is 112 Å². The van der Waals surface area contributed by atoms with Gasteiger partial charge in [-0.1, -0.05) is 12.1 Å². The van der Waals surface area contributed by atoms with E-state index in [1.807, 2.05) is 6.07 Å². The Morgan fingerprint density at radius 3 is 2.74 bits per heavy atom. The van der Waals surface area contributed by atoms with Gasteiger partial charge in [0.15, 0.2) is 11.6 Å². The minimum absolute atomic E-state index is 0.158. The van der Waals surface area contributed by atoms with Gasteiger partial charge in [-0.05, 0) is 13.1 Å². The summed E-state index contributed by atoms with van der Waals surface area (Å²) in [5.74, 6) is -0.0414. The van der Waals surface area contributed by atoms with Crippen LogP contribution in [0.5, 0.6) is 5.75 Å². The molecule has 1 N–H and O–H groups in total. The molecule has 3 rings (SSSR count). The number of hydrogen-bond donors (Lipinski definition) is 1. The summed E-state index contributed by atoms with van der Waals surface area (Å²) in [6.07, 6.45) is -0.599. The maximum Gasteiger partial charge on any atom is 0.165 e. The fourth-order valence-electron chi connectivity index (χ4n) is 2.92. The number of likely N-dealkylation sites (N-methyl/N-ethyl adjacent to an activating group) is 1. The molecule has 2 aliphatic rings. The zero-order valence-electron chi connectivity index (χ0n) is 11.1. The highest BCUT2D eigenvalue weighted by atomic mass is 19.1. The van der Waals surface area contributed by atoms with Gasteiger partial charge in [0.2, 0.25) is 0 Å². The lowest BCUT2D eigenvalue weighted by Crippen LogP contribution is -2.50. The van der Waals surface area contributed by atoms with E-state index in [1.165, 1.54) is 6.07 Å². The molecule has 1 aromatic carbocycles. The summed E-state index contributed by atoms with van der Waals surface area (Å²) in [5, 5.41) is 10.2. The number of aliphatic hydroxyl groups is 1. The van der Waals surface area contributed by atoms with E-state index in [2.05, 4.69) is 16.8 Å². The minimum Gasteiger partial charge on any atom is -0.487 e. The van der Waals surface area contributed by atoms with Crippen molar-refractivity contribution in [1.29, 1.82) is 0 Å². The predicted octanol–water partition coefficient (Wildman–Crippen LogP) is 0.867. The lowest BCUT2D eigenvalue weighted by Gasteiger charge is -2.42. The number of nitrogens with zero attached hydrogens (tertiary/aromatic N) is 2. The summed E-state index contributed by atoms with van der Waals surface area (Å²) in [6.45, 7) is 3.86. The Balaban J connectivity index is 1.91. The van der Waals surface area contributed by atoms with E-state index in [4.69, 9.17) is 4.74 Å². The lowest BCUT2D eigenvalue weighted by molar-refractivity contribution is -0.0165. The van der Waals surface area contributed by atoms with E-state index < -0.39 is 6.10 Å². The number of piperazine rings is 1. The zero-order chi connectivity index (χ0) is 13.4. The van der Waals surface area contributed by atoms with Gasteiger partial charge in [0, 0.05) is 31.7 Å². The van der Waals surface area contributed by atoms with Gasteiger partial charge in [0.25, 0.3) is 0 Å². The Morgan fingerprint density at radius 2 is 2.00 bits per heavy atom. The molecule has 104 valence electrons. The first-order valence-corrected chi connectivity index (χ1v) is 6.68.